The number of carboxylic acid groups (broad SMARTS) is 1. The molecular weight excluding hydrogens is 278 g/mol. The van der Waals surface area contributed by atoms with E-state index in [1.807, 2.05) is 12.4 Å². The van der Waals surface area contributed by atoms with E-state index < -0.39 is 17.8 Å². The van der Waals surface area contributed by atoms with Crippen LogP contribution in [0.4, 0.5) is 0 Å². The smallest absolute Gasteiger partial charge is 0.345 e. The van der Waals surface area contributed by atoms with Crippen molar-refractivity contribution in [1.29, 1.82) is 0 Å². The first kappa shape index (κ1) is 16.6. The summed E-state index contributed by atoms with van der Waals surface area (Å²) in [5.74, 6) is -2.65. The summed E-state index contributed by atoms with van der Waals surface area (Å²) in [6, 6.07) is 5.62. The molecule has 0 unspecified atom stereocenters. The van der Waals surface area contributed by atoms with Gasteiger partial charge in [-0.15, -0.1) is 0 Å². The number of rotatable bonds is 8. The van der Waals surface area contributed by atoms with E-state index in [1.165, 1.54) is 24.3 Å². The monoisotopic (exact) mass is 295 g/mol. The Morgan fingerprint density at radius 3 is 2.43 bits per heavy atom. The summed E-state index contributed by atoms with van der Waals surface area (Å²) < 4.78 is 0. The third-order valence-electron chi connectivity index (χ3n) is 2.66. The zero-order valence-corrected chi connectivity index (χ0v) is 11.6. The minimum absolute atomic E-state index is 0.0907. The number of carbonyl (C=O) groups is 3. The Kier molecular flexibility index (Phi) is 6.90. The molecule has 0 spiro atoms. The van der Waals surface area contributed by atoms with Crippen LogP contribution in [0, 0.1) is 0 Å². The first-order chi connectivity index (χ1) is 10.1. The zero-order valence-electron chi connectivity index (χ0n) is 11.6. The highest BCUT2D eigenvalue weighted by Gasteiger charge is 2.16. The van der Waals surface area contributed by atoms with Gasteiger partial charge < -0.3 is 5.11 Å². The molecule has 1 rings (SSSR count). The Bertz CT molecular complexity index is 514. The summed E-state index contributed by atoms with van der Waals surface area (Å²) in [5.41, 5.74) is 1.61. The number of hydrogen-bond acceptors (Lipinski definition) is 5. The van der Waals surface area contributed by atoms with E-state index in [2.05, 4.69) is 9.88 Å². The van der Waals surface area contributed by atoms with Crippen LogP contribution in [0.1, 0.15) is 53.3 Å². The lowest BCUT2D eigenvalue weighted by Crippen LogP contribution is -2.27. The van der Waals surface area contributed by atoms with Gasteiger partial charge in [-0.3, -0.25) is 9.68 Å². The maximum Gasteiger partial charge on any atom is 0.345 e. The van der Waals surface area contributed by atoms with E-state index in [-0.39, 0.29) is 17.5 Å². The van der Waals surface area contributed by atoms with E-state index in [9.17, 15) is 14.4 Å². The molecule has 0 aliphatic rings. The second-order valence-electron chi connectivity index (χ2n) is 4.28. The van der Waals surface area contributed by atoms with Gasteiger partial charge in [0.05, 0.1) is 11.1 Å². The summed E-state index contributed by atoms with van der Waals surface area (Å²) in [5, 5.41) is 8.94. The molecule has 0 fully saturated rings. The molecule has 0 aromatic heterocycles. The van der Waals surface area contributed by atoms with Crippen LogP contribution in [0.25, 0.3) is 0 Å². The van der Waals surface area contributed by atoms with Gasteiger partial charge >= 0.3 is 11.9 Å². The molecule has 0 radical (unpaired) electrons. The van der Waals surface area contributed by atoms with Crippen molar-refractivity contribution in [1.82, 2.24) is 5.48 Å². The van der Waals surface area contributed by atoms with Gasteiger partial charge in [-0.2, -0.15) is 5.48 Å². The fraction of sp³-hybridized carbons (Fsp3) is 0.357. The highest BCUT2D eigenvalue weighted by atomic mass is 17.3. The number of hydroxylamine groups is 1. The van der Waals surface area contributed by atoms with Crippen molar-refractivity contribution in [3.63, 3.8) is 0 Å². The molecule has 0 bridgehead atoms. The molecule has 0 aliphatic carbocycles. The molecule has 1 aromatic carbocycles. The fourth-order valence-corrected chi connectivity index (χ4v) is 1.59. The topological polar surface area (TPSA) is 102 Å². The lowest BCUT2D eigenvalue weighted by molar-refractivity contribution is -0.297. The molecule has 0 atom stereocenters. The molecular formula is C14H17NO6. The summed E-state index contributed by atoms with van der Waals surface area (Å²) in [7, 11) is 0. The summed E-state index contributed by atoms with van der Waals surface area (Å²) >= 11 is 0. The van der Waals surface area contributed by atoms with E-state index in [4.69, 9.17) is 5.11 Å². The largest absolute Gasteiger partial charge is 0.478 e. The normalized spacial score (nSPS) is 9.95. The maximum absolute atomic E-state index is 11.7. The number of nitrogens with one attached hydrogen (secondary N) is 1. The van der Waals surface area contributed by atoms with Crippen molar-refractivity contribution in [2.45, 2.75) is 32.6 Å². The van der Waals surface area contributed by atoms with Crippen molar-refractivity contribution in [3.8, 4) is 0 Å². The van der Waals surface area contributed by atoms with Gasteiger partial charge in [0, 0.05) is 6.42 Å². The van der Waals surface area contributed by atoms with Gasteiger partial charge in [0.1, 0.15) is 0 Å². The van der Waals surface area contributed by atoms with Crippen molar-refractivity contribution >= 4 is 17.8 Å². The Hall–Kier alpha value is -2.41. The highest BCUT2D eigenvalue weighted by Crippen LogP contribution is 2.08. The fourth-order valence-electron chi connectivity index (χ4n) is 1.59. The van der Waals surface area contributed by atoms with E-state index >= 15 is 0 Å². The van der Waals surface area contributed by atoms with Gasteiger partial charge in [0.15, 0.2) is 0 Å². The average Bonchev–Trinajstić information content (AvgIpc) is 2.47. The molecule has 2 N–H and O–H groups in total. The van der Waals surface area contributed by atoms with Crippen molar-refractivity contribution in [2.75, 3.05) is 0 Å². The summed E-state index contributed by atoms with van der Waals surface area (Å²) in [6.45, 7) is 2.00. The molecule has 1 amide bonds. The van der Waals surface area contributed by atoms with Gasteiger partial charge in [-0.1, -0.05) is 36.9 Å². The van der Waals surface area contributed by atoms with Gasteiger partial charge in [0.25, 0.3) is 5.91 Å². The number of carbonyl (C=O) groups excluding carboxylic acids is 2. The molecule has 0 saturated heterocycles. The number of amides is 1. The van der Waals surface area contributed by atoms with Crippen molar-refractivity contribution in [2.24, 2.45) is 0 Å². The molecule has 7 heteroatoms. The number of benzene rings is 1. The van der Waals surface area contributed by atoms with E-state index in [0.29, 0.717) is 6.42 Å². The number of unbranched alkanes of at least 4 members (excludes halogenated alkanes) is 2. The lowest BCUT2D eigenvalue weighted by Gasteiger charge is -2.06. The molecule has 0 saturated carbocycles. The zero-order chi connectivity index (χ0) is 15.7. The standard InChI is InChI=1S/C14H17NO6/c1-2-3-4-9-12(16)20-21-15-13(17)10-7-5-6-8-11(10)14(18)19/h5-8H,2-4,9H2,1H3,(H,15,17)(H,18,19). The predicted molar refractivity (Wildman–Crippen MR) is 72.2 cm³/mol. The van der Waals surface area contributed by atoms with Crippen LogP contribution in [0.2, 0.25) is 0 Å². The predicted octanol–water partition coefficient (Wildman–Crippen LogP) is 2.08. The van der Waals surface area contributed by atoms with E-state index in [1.54, 1.807) is 0 Å². The van der Waals surface area contributed by atoms with Crippen LogP contribution in [0.5, 0.6) is 0 Å². The Labute approximate surface area is 121 Å². The van der Waals surface area contributed by atoms with Crippen LogP contribution < -0.4 is 5.48 Å². The quantitative estimate of drug-likeness (QED) is 0.432. The van der Waals surface area contributed by atoms with Crippen LogP contribution in [-0.4, -0.2) is 23.0 Å². The number of hydrogen-bond donors (Lipinski definition) is 2. The number of carboxylic acids is 1. The number of aromatic carboxylic acids is 1. The Balaban J connectivity index is 2.44. The molecule has 1 aromatic rings. The minimum atomic E-state index is -1.24. The molecule has 114 valence electrons. The van der Waals surface area contributed by atoms with Crippen LogP contribution in [0.15, 0.2) is 24.3 Å². The third kappa shape index (κ3) is 5.62. The molecule has 7 nitrogen and oxygen atoms in total. The minimum Gasteiger partial charge on any atom is -0.478 e. The van der Waals surface area contributed by atoms with Crippen LogP contribution in [-0.2, 0) is 14.7 Å². The second kappa shape index (κ2) is 8.70. The van der Waals surface area contributed by atoms with Gasteiger partial charge in [-0.05, 0) is 18.6 Å². The molecule has 0 aliphatic heterocycles. The second-order valence-corrected chi connectivity index (χ2v) is 4.28. The summed E-state index contributed by atoms with van der Waals surface area (Å²) in [6.07, 6.45) is 2.73. The van der Waals surface area contributed by atoms with Crippen molar-refractivity contribution < 1.29 is 29.4 Å². The van der Waals surface area contributed by atoms with Gasteiger partial charge in [-0.25, -0.2) is 9.59 Å². The molecule has 0 heterocycles. The SMILES string of the molecule is CCCCCC(=O)OONC(=O)c1ccccc1C(=O)O. The first-order valence-corrected chi connectivity index (χ1v) is 6.55. The Morgan fingerprint density at radius 2 is 1.81 bits per heavy atom. The summed E-state index contributed by atoms with van der Waals surface area (Å²) in [4.78, 5) is 42.6. The third-order valence-corrected chi connectivity index (χ3v) is 2.66. The maximum atomic E-state index is 11.7. The first-order valence-electron chi connectivity index (χ1n) is 6.55. The molecule has 21 heavy (non-hydrogen) atoms. The van der Waals surface area contributed by atoms with Crippen molar-refractivity contribution in [3.05, 3.63) is 35.4 Å². The lowest BCUT2D eigenvalue weighted by atomic mass is 10.1. The van der Waals surface area contributed by atoms with Crippen LogP contribution in [0.3, 0.4) is 0 Å². The van der Waals surface area contributed by atoms with Crippen LogP contribution >= 0.6 is 0 Å². The highest BCUT2D eigenvalue weighted by molar-refractivity contribution is 6.04. The van der Waals surface area contributed by atoms with Gasteiger partial charge in [0.2, 0.25) is 0 Å². The Morgan fingerprint density at radius 1 is 1.14 bits per heavy atom. The average molecular weight is 295 g/mol. The van der Waals surface area contributed by atoms with E-state index in [0.717, 1.165) is 12.8 Å².